The lowest BCUT2D eigenvalue weighted by Gasteiger charge is -2.12. The first kappa shape index (κ1) is 13.3. The minimum absolute atomic E-state index is 0.123. The van der Waals surface area contributed by atoms with Crippen molar-refractivity contribution in [3.8, 4) is 17.2 Å². The molecule has 5 nitrogen and oxygen atoms in total. The fraction of sp³-hybridized carbons (Fsp3) is 0.286. The molecule has 0 saturated heterocycles. The van der Waals surface area contributed by atoms with E-state index in [0.717, 1.165) is 0 Å². The highest BCUT2D eigenvalue weighted by atomic mass is 16.5. The summed E-state index contributed by atoms with van der Waals surface area (Å²) in [6.45, 7) is 0.131. The number of benzene rings is 1. The standard InChI is InChI=1S/C14H16O5/c1-16-12-4-3-5-13(14(12)17-2)18-9-11-7-6-10(8-15)19-11/h3-7,15H,8-9H2,1-2H3. The first-order valence-corrected chi connectivity index (χ1v) is 5.80. The molecule has 0 aliphatic heterocycles. The van der Waals surface area contributed by atoms with Gasteiger partial charge in [-0.1, -0.05) is 6.07 Å². The number of para-hydroxylation sites is 1. The van der Waals surface area contributed by atoms with Crippen LogP contribution < -0.4 is 14.2 Å². The molecule has 102 valence electrons. The zero-order chi connectivity index (χ0) is 13.7. The van der Waals surface area contributed by atoms with Gasteiger partial charge in [-0.05, 0) is 24.3 Å². The van der Waals surface area contributed by atoms with Crippen molar-refractivity contribution in [3.05, 3.63) is 41.9 Å². The van der Waals surface area contributed by atoms with Gasteiger partial charge in [0.2, 0.25) is 5.75 Å². The molecule has 0 fully saturated rings. The molecule has 1 N–H and O–H groups in total. The Hall–Kier alpha value is -2.14. The predicted molar refractivity (Wildman–Crippen MR) is 68.5 cm³/mol. The maximum Gasteiger partial charge on any atom is 0.203 e. The average Bonchev–Trinajstić information content (AvgIpc) is 2.92. The highest BCUT2D eigenvalue weighted by Gasteiger charge is 2.11. The fourth-order valence-corrected chi connectivity index (χ4v) is 1.71. The number of methoxy groups -OCH3 is 2. The lowest BCUT2D eigenvalue weighted by molar-refractivity contribution is 0.220. The van der Waals surface area contributed by atoms with E-state index in [1.54, 1.807) is 38.5 Å². The number of rotatable bonds is 6. The second-order valence-corrected chi connectivity index (χ2v) is 3.81. The second-order valence-electron chi connectivity index (χ2n) is 3.81. The molecule has 0 saturated carbocycles. The van der Waals surface area contributed by atoms with Gasteiger partial charge in [0.1, 0.15) is 24.7 Å². The zero-order valence-electron chi connectivity index (χ0n) is 10.9. The molecule has 5 heteroatoms. The van der Waals surface area contributed by atoms with Crippen LogP contribution in [0.2, 0.25) is 0 Å². The summed E-state index contributed by atoms with van der Waals surface area (Å²) in [7, 11) is 3.13. The quantitative estimate of drug-likeness (QED) is 0.867. The molecule has 0 aliphatic carbocycles. The topological polar surface area (TPSA) is 61.1 Å². The molecule has 2 rings (SSSR count). The summed E-state index contributed by atoms with van der Waals surface area (Å²) < 4.78 is 21.4. The summed E-state index contributed by atoms with van der Waals surface area (Å²) in [4.78, 5) is 0. The molecule has 2 aromatic rings. The van der Waals surface area contributed by atoms with Crippen LogP contribution in [0.15, 0.2) is 34.7 Å². The lowest BCUT2D eigenvalue weighted by atomic mass is 10.3. The van der Waals surface area contributed by atoms with Crippen molar-refractivity contribution in [1.29, 1.82) is 0 Å². The Kier molecular flexibility index (Phi) is 4.30. The van der Waals surface area contributed by atoms with E-state index in [-0.39, 0.29) is 13.2 Å². The van der Waals surface area contributed by atoms with Crippen molar-refractivity contribution in [3.63, 3.8) is 0 Å². The van der Waals surface area contributed by atoms with Gasteiger partial charge < -0.3 is 23.7 Å². The fourth-order valence-electron chi connectivity index (χ4n) is 1.71. The van der Waals surface area contributed by atoms with Gasteiger partial charge in [0.05, 0.1) is 14.2 Å². The number of hydrogen-bond acceptors (Lipinski definition) is 5. The minimum Gasteiger partial charge on any atom is -0.493 e. The Bertz CT molecular complexity index is 532. The van der Waals surface area contributed by atoms with Crippen LogP contribution in [0.5, 0.6) is 17.2 Å². The Morgan fingerprint density at radius 2 is 1.74 bits per heavy atom. The van der Waals surface area contributed by atoms with Crippen LogP contribution in [0.4, 0.5) is 0 Å². The highest BCUT2D eigenvalue weighted by Crippen LogP contribution is 2.36. The average molecular weight is 264 g/mol. The molecular weight excluding hydrogens is 248 g/mol. The van der Waals surface area contributed by atoms with Crippen LogP contribution in [0, 0.1) is 0 Å². The van der Waals surface area contributed by atoms with Crippen LogP contribution in [0.25, 0.3) is 0 Å². The summed E-state index contributed by atoms with van der Waals surface area (Å²) in [5.74, 6) is 2.86. The summed E-state index contributed by atoms with van der Waals surface area (Å²) in [6, 6.07) is 8.87. The molecule has 0 spiro atoms. The van der Waals surface area contributed by atoms with Gasteiger partial charge in [-0.2, -0.15) is 0 Å². The van der Waals surface area contributed by atoms with Gasteiger partial charge in [0.15, 0.2) is 11.5 Å². The van der Waals surface area contributed by atoms with E-state index < -0.39 is 0 Å². The van der Waals surface area contributed by atoms with Crippen LogP contribution in [-0.2, 0) is 13.2 Å². The second kappa shape index (κ2) is 6.15. The molecule has 0 radical (unpaired) electrons. The number of ether oxygens (including phenoxy) is 3. The molecule has 0 aliphatic rings. The molecule has 1 heterocycles. The lowest BCUT2D eigenvalue weighted by Crippen LogP contribution is -1.98. The maximum absolute atomic E-state index is 8.92. The molecule has 19 heavy (non-hydrogen) atoms. The smallest absolute Gasteiger partial charge is 0.203 e. The first-order valence-electron chi connectivity index (χ1n) is 5.80. The summed E-state index contributed by atoms with van der Waals surface area (Å²) >= 11 is 0. The van der Waals surface area contributed by atoms with E-state index in [4.69, 9.17) is 23.7 Å². The van der Waals surface area contributed by atoms with Crippen molar-refractivity contribution in [2.75, 3.05) is 14.2 Å². The van der Waals surface area contributed by atoms with E-state index >= 15 is 0 Å². The SMILES string of the molecule is COc1cccc(OCc2ccc(CO)o2)c1OC. The van der Waals surface area contributed by atoms with E-state index in [2.05, 4.69) is 0 Å². The number of furan rings is 1. The van der Waals surface area contributed by atoms with Crippen molar-refractivity contribution in [1.82, 2.24) is 0 Å². The Labute approximate surface area is 111 Å². The zero-order valence-corrected chi connectivity index (χ0v) is 10.9. The largest absolute Gasteiger partial charge is 0.493 e. The Morgan fingerprint density at radius 1 is 1.00 bits per heavy atom. The third kappa shape index (κ3) is 3.00. The maximum atomic E-state index is 8.92. The molecule has 0 bridgehead atoms. The van der Waals surface area contributed by atoms with Crippen molar-refractivity contribution in [2.45, 2.75) is 13.2 Å². The number of aliphatic hydroxyl groups excluding tert-OH is 1. The molecule has 1 aromatic carbocycles. The third-order valence-corrected chi connectivity index (χ3v) is 2.61. The molecule has 0 unspecified atom stereocenters. The Balaban J connectivity index is 2.10. The van der Waals surface area contributed by atoms with Gasteiger partial charge in [0, 0.05) is 0 Å². The van der Waals surface area contributed by atoms with Crippen LogP contribution in [-0.4, -0.2) is 19.3 Å². The van der Waals surface area contributed by atoms with Crippen molar-refractivity contribution in [2.24, 2.45) is 0 Å². The monoisotopic (exact) mass is 264 g/mol. The minimum atomic E-state index is -0.123. The summed E-state index contributed by atoms with van der Waals surface area (Å²) in [5.41, 5.74) is 0. The van der Waals surface area contributed by atoms with Gasteiger partial charge in [-0.15, -0.1) is 0 Å². The predicted octanol–water partition coefficient (Wildman–Crippen LogP) is 2.37. The first-order chi connectivity index (χ1) is 9.28. The van der Waals surface area contributed by atoms with E-state index in [1.807, 2.05) is 6.07 Å². The number of hydrogen-bond donors (Lipinski definition) is 1. The van der Waals surface area contributed by atoms with E-state index in [1.165, 1.54) is 0 Å². The molecule has 1 aromatic heterocycles. The molecule has 0 atom stereocenters. The van der Waals surface area contributed by atoms with Crippen LogP contribution >= 0.6 is 0 Å². The summed E-state index contributed by atoms with van der Waals surface area (Å²) in [6.07, 6.45) is 0. The van der Waals surface area contributed by atoms with Gasteiger partial charge >= 0.3 is 0 Å². The van der Waals surface area contributed by atoms with Crippen LogP contribution in [0.1, 0.15) is 11.5 Å². The molecule has 0 amide bonds. The highest BCUT2D eigenvalue weighted by molar-refractivity contribution is 5.51. The van der Waals surface area contributed by atoms with Crippen LogP contribution in [0.3, 0.4) is 0 Å². The van der Waals surface area contributed by atoms with Gasteiger partial charge in [0.25, 0.3) is 0 Å². The Morgan fingerprint density at radius 3 is 2.37 bits per heavy atom. The van der Waals surface area contributed by atoms with E-state index in [9.17, 15) is 0 Å². The summed E-state index contributed by atoms with van der Waals surface area (Å²) in [5, 5.41) is 8.92. The third-order valence-electron chi connectivity index (χ3n) is 2.61. The van der Waals surface area contributed by atoms with Crippen molar-refractivity contribution >= 4 is 0 Å². The normalized spacial score (nSPS) is 10.3. The van der Waals surface area contributed by atoms with Gasteiger partial charge in [-0.25, -0.2) is 0 Å². The van der Waals surface area contributed by atoms with Crippen molar-refractivity contribution < 1.29 is 23.7 Å². The van der Waals surface area contributed by atoms with E-state index in [0.29, 0.717) is 28.8 Å². The van der Waals surface area contributed by atoms with Gasteiger partial charge in [-0.3, -0.25) is 0 Å². The molecular formula is C14H16O5. The number of aliphatic hydroxyl groups is 1.